The fraction of sp³-hybridized carbons (Fsp3) is 0.300. The molecule has 0 aliphatic carbocycles. The molecule has 16 heavy (non-hydrogen) atoms. The lowest BCUT2D eigenvalue weighted by Gasteiger charge is -2.02. The number of fused-ring (bicyclic) bond motifs is 1. The third-order valence-electron chi connectivity index (χ3n) is 2.25. The maximum absolute atomic E-state index is 10.6. The van der Waals surface area contributed by atoms with E-state index in [-0.39, 0.29) is 5.69 Å². The van der Waals surface area contributed by atoms with Crippen LogP contribution in [0.3, 0.4) is 0 Å². The lowest BCUT2D eigenvalue weighted by Crippen LogP contribution is -2.03. The predicted molar refractivity (Wildman–Crippen MR) is 58.0 cm³/mol. The molecule has 0 aliphatic heterocycles. The summed E-state index contributed by atoms with van der Waals surface area (Å²) < 4.78 is 6.90. The molecule has 6 nitrogen and oxygen atoms in total. The van der Waals surface area contributed by atoms with Crippen molar-refractivity contribution in [2.45, 2.75) is 13.7 Å². The van der Waals surface area contributed by atoms with Gasteiger partial charge in [-0.2, -0.15) is 5.10 Å². The molecule has 0 aliphatic rings. The average Bonchev–Trinajstić information content (AvgIpc) is 2.68. The van der Waals surface area contributed by atoms with Crippen LogP contribution in [0.25, 0.3) is 10.9 Å². The molecule has 1 aromatic heterocycles. The van der Waals surface area contributed by atoms with Gasteiger partial charge in [-0.3, -0.25) is 10.1 Å². The van der Waals surface area contributed by atoms with Crippen LogP contribution in [0.15, 0.2) is 24.4 Å². The van der Waals surface area contributed by atoms with Gasteiger partial charge in [0.25, 0.3) is 5.69 Å². The van der Waals surface area contributed by atoms with Crippen LogP contribution >= 0.6 is 0 Å². The predicted octanol–water partition coefficient (Wildman–Crippen LogP) is 1.94. The Hall–Kier alpha value is -1.95. The van der Waals surface area contributed by atoms with Crippen molar-refractivity contribution in [1.82, 2.24) is 9.78 Å². The van der Waals surface area contributed by atoms with Crippen LogP contribution in [0.1, 0.15) is 6.92 Å². The molecule has 2 aromatic rings. The summed E-state index contributed by atoms with van der Waals surface area (Å²) in [6, 6.07) is 4.65. The highest BCUT2D eigenvalue weighted by Crippen LogP contribution is 2.20. The van der Waals surface area contributed by atoms with Crippen LogP contribution in [0.2, 0.25) is 0 Å². The van der Waals surface area contributed by atoms with E-state index < -0.39 is 4.92 Å². The first-order valence-corrected chi connectivity index (χ1v) is 4.90. The number of hydrogen-bond acceptors (Lipinski definition) is 4. The molecule has 84 valence electrons. The number of nitro groups is 1. The molecule has 0 saturated carbocycles. The van der Waals surface area contributed by atoms with E-state index in [2.05, 4.69) is 5.10 Å². The van der Waals surface area contributed by atoms with Crippen molar-refractivity contribution in [3.8, 4) is 0 Å². The maximum atomic E-state index is 10.6. The minimum Gasteiger partial charge on any atom is -0.360 e. The standard InChI is InChI=1S/C10H11N3O3/c1-2-16-7-12-10-4-3-9(13(14)15)5-8(10)6-11-12/h3-6H,2,7H2,1H3. The van der Waals surface area contributed by atoms with E-state index in [1.165, 1.54) is 12.1 Å². The van der Waals surface area contributed by atoms with Gasteiger partial charge in [-0.25, -0.2) is 4.68 Å². The Morgan fingerprint density at radius 2 is 2.38 bits per heavy atom. The second-order valence-electron chi connectivity index (χ2n) is 3.27. The molecule has 0 radical (unpaired) electrons. The summed E-state index contributed by atoms with van der Waals surface area (Å²) in [7, 11) is 0. The molecule has 0 amide bonds. The molecule has 1 aromatic carbocycles. The Labute approximate surface area is 91.6 Å². The number of rotatable bonds is 4. The normalized spacial score (nSPS) is 10.8. The lowest BCUT2D eigenvalue weighted by atomic mass is 10.2. The summed E-state index contributed by atoms with van der Waals surface area (Å²) >= 11 is 0. The van der Waals surface area contributed by atoms with Crippen LogP contribution in [-0.4, -0.2) is 21.3 Å². The van der Waals surface area contributed by atoms with Gasteiger partial charge in [-0.05, 0) is 13.0 Å². The number of aromatic nitrogens is 2. The zero-order chi connectivity index (χ0) is 11.5. The number of nitrogens with zero attached hydrogens (tertiary/aromatic N) is 3. The molecule has 0 saturated heterocycles. The zero-order valence-electron chi connectivity index (χ0n) is 8.79. The van der Waals surface area contributed by atoms with E-state index in [1.54, 1.807) is 16.9 Å². The van der Waals surface area contributed by atoms with Gasteiger partial charge in [0.2, 0.25) is 0 Å². The highest BCUT2D eigenvalue weighted by Gasteiger charge is 2.09. The van der Waals surface area contributed by atoms with Crippen LogP contribution < -0.4 is 0 Å². The minimum absolute atomic E-state index is 0.0726. The second-order valence-corrected chi connectivity index (χ2v) is 3.27. The van der Waals surface area contributed by atoms with E-state index >= 15 is 0 Å². The van der Waals surface area contributed by atoms with Crippen molar-refractivity contribution < 1.29 is 9.66 Å². The highest BCUT2D eigenvalue weighted by molar-refractivity contribution is 5.81. The molecule has 1 heterocycles. The molecule has 6 heteroatoms. The van der Waals surface area contributed by atoms with Crippen LogP contribution in [0, 0.1) is 10.1 Å². The highest BCUT2D eigenvalue weighted by atomic mass is 16.6. The van der Waals surface area contributed by atoms with Gasteiger partial charge >= 0.3 is 0 Å². The topological polar surface area (TPSA) is 70.2 Å². The Morgan fingerprint density at radius 1 is 1.56 bits per heavy atom. The van der Waals surface area contributed by atoms with E-state index in [1.807, 2.05) is 6.92 Å². The van der Waals surface area contributed by atoms with Gasteiger partial charge in [-0.1, -0.05) is 0 Å². The fourth-order valence-corrected chi connectivity index (χ4v) is 1.47. The van der Waals surface area contributed by atoms with Gasteiger partial charge < -0.3 is 4.74 Å². The van der Waals surface area contributed by atoms with Gasteiger partial charge in [0.1, 0.15) is 6.73 Å². The molecule has 0 fully saturated rings. The summed E-state index contributed by atoms with van der Waals surface area (Å²) in [6.07, 6.45) is 1.60. The van der Waals surface area contributed by atoms with Crippen LogP contribution in [0.5, 0.6) is 0 Å². The Morgan fingerprint density at radius 3 is 3.06 bits per heavy atom. The quantitative estimate of drug-likeness (QED) is 0.584. The number of non-ortho nitro benzene ring substituents is 1. The summed E-state index contributed by atoms with van der Waals surface area (Å²) in [5, 5.41) is 15.4. The summed E-state index contributed by atoms with van der Waals surface area (Å²) in [5.41, 5.74) is 0.905. The van der Waals surface area contributed by atoms with E-state index in [0.29, 0.717) is 13.3 Å². The van der Waals surface area contributed by atoms with Gasteiger partial charge in [0.15, 0.2) is 0 Å². The fourth-order valence-electron chi connectivity index (χ4n) is 1.47. The molecular formula is C10H11N3O3. The van der Waals surface area contributed by atoms with Gasteiger partial charge in [-0.15, -0.1) is 0 Å². The molecule has 0 bridgehead atoms. The third kappa shape index (κ3) is 1.87. The van der Waals surface area contributed by atoms with Crippen molar-refractivity contribution >= 4 is 16.6 Å². The Kier molecular flexibility index (Phi) is 2.82. The van der Waals surface area contributed by atoms with Crippen molar-refractivity contribution in [1.29, 1.82) is 0 Å². The Bertz CT molecular complexity index is 521. The largest absolute Gasteiger partial charge is 0.360 e. The molecule has 0 unspecified atom stereocenters. The second kappa shape index (κ2) is 4.28. The number of benzene rings is 1. The van der Waals surface area contributed by atoms with Crippen molar-refractivity contribution in [3.05, 3.63) is 34.5 Å². The minimum atomic E-state index is -0.417. The lowest BCUT2D eigenvalue weighted by molar-refractivity contribution is -0.384. The smallest absolute Gasteiger partial charge is 0.270 e. The first-order valence-electron chi connectivity index (χ1n) is 4.90. The summed E-state index contributed by atoms with van der Waals surface area (Å²) in [4.78, 5) is 10.2. The van der Waals surface area contributed by atoms with E-state index in [9.17, 15) is 10.1 Å². The third-order valence-corrected chi connectivity index (χ3v) is 2.25. The van der Waals surface area contributed by atoms with Gasteiger partial charge in [0, 0.05) is 24.1 Å². The number of nitro benzene ring substituents is 1. The first-order chi connectivity index (χ1) is 7.72. The van der Waals surface area contributed by atoms with E-state index in [4.69, 9.17) is 4.74 Å². The van der Waals surface area contributed by atoms with Gasteiger partial charge in [0.05, 0.1) is 16.6 Å². The summed E-state index contributed by atoms with van der Waals surface area (Å²) in [5.74, 6) is 0. The molecule has 0 N–H and O–H groups in total. The van der Waals surface area contributed by atoms with Crippen molar-refractivity contribution in [2.75, 3.05) is 6.61 Å². The molecular weight excluding hydrogens is 210 g/mol. The average molecular weight is 221 g/mol. The SMILES string of the molecule is CCOCn1ncc2cc([N+](=O)[O-])ccc21. The first kappa shape index (κ1) is 10.6. The van der Waals surface area contributed by atoms with Crippen molar-refractivity contribution in [2.24, 2.45) is 0 Å². The number of hydrogen-bond donors (Lipinski definition) is 0. The molecule has 0 atom stereocenters. The molecule has 0 spiro atoms. The zero-order valence-corrected chi connectivity index (χ0v) is 8.79. The van der Waals surface area contributed by atoms with Crippen LogP contribution in [0.4, 0.5) is 5.69 Å². The maximum Gasteiger partial charge on any atom is 0.270 e. The molecule has 2 rings (SSSR count). The number of ether oxygens (including phenoxy) is 1. The monoisotopic (exact) mass is 221 g/mol. The van der Waals surface area contributed by atoms with Crippen LogP contribution in [-0.2, 0) is 11.5 Å². The van der Waals surface area contributed by atoms with Crippen molar-refractivity contribution in [3.63, 3.8) is 0 Å². The summed E-state index contributed by atoms with van der Waals surface area (Å²) in [6.45, 7) is 2.86. The Balaban J connectivity index is 2.38. The van der Waals surface area contributed by atoms with E-state index in [0.717, 1.165) is 10.9 Å².